The number of ether oxygens (including phenoxy) is 2. The van der Waals surface area contributed by atoms with E-state index in [4.69, 9.17) is 31.7 Å². The van der Waals surface area contributed by atoms with Gasteiger partial charge < -0.3 is 20.3 Å². The number of phenols is 1. The molecule has 44 heavy (non-hydrogen) atoms. The highest BCUT2D eigenvalue weighted by molar-refractivity contribution is 7.86. The van der Waals surface area contributed by atoms with Crippen molar-refractivity contribution in [3.8, 4) is 17.2 Å². The summed E-state index contributed by atoms with van der Waals surface area (Å²) in [5.74, 6) is 9.80. The smallest absolute Gasteiger partial charge is 0.315 e. The van der Waals surface area contributed by atoms with Crippen molar-refractivity contribution in [3.05, 3.63) is 60.7 Å². The average Bonchev–Trinajstić information content (AvgIpc) is 3.01. The van der Waals surface area contributed by atoms with Crippen molar-refractivity contribution in [2.75, 3.05) is 18.9 Å². The highest BCUT2D eigenvalue weighted by atomic mass is 32.2. The van der Waals surface area contributed by atoms with Gasteiger partial charge in [0.1, 0.15) is 33.5 Å². The van der Waals surface area contributed by atoms with E-state index < -0.39 is 26.5 Å². The average molecular weight is 646 g/mol. The first-order chi connectivity index (χ1) is 21.2. The number of benzene rings is 4. The maximum Gasteiger partial charge on any atom is 0.315 e. The molecule has 232 valence electrons. The number of phenolic OH excluding ortho intramolecular Hbond substituents is 1. The van der Waals surface area contributed by atoms with Crippen LogP contribution in [0.25, 0.3) is 10.8 Å². The highest BCUT2D eigenvalue weighted by Gasteiger charge is 2.25. The van der Waals surface area contributed by atoms with Crippen LogP contribution in [-0.4, -0.2) is 26.7 Å². The molecule has 0 aromatic heterocycles. The lowest BCUT2D eigenvalue weighted by Crippen LogP contribution is -2.11. The summed E-state index contributed by atoms with van der Waals surface area (Å²) in [6, 6.07) is 15.8. The fourth-order valence-corrected chi connectivity index (χ4v) is 5.16. The van der Waals surface area contributed by atoms with E-state index in [9.17, 15) is 13.5 Å². The van der Waals surface area contributed by atoms with E-state index in [2.05, 4.69) is 34.8 Å². The molecule has 4 rings (SSSR count). The van der Waals surface area contributed by atoms with Crippen molar-refractivity contribution in [1.29, 1.82) is 0 Å². The van der Waals surface area contributed by atoms with Gasteiger partial charge in [-0.15, -0.1) is 20.3 Å². The Morgan fingerprint density at radius 2 is 1.55 bits per heavy atom. The molecule has 1 unspecified atom stereocenters. The number of anilines is 1. The molecule has 7 N–H and O–H groups in total. The maximum atomic E-state index is 12.6. The van der Waals surface area contributed by atoms with Crippen LogP contribution in [0.15, 0.2) is 86.0 Å². The molecule has 16 nitrogen and oxygen atoms in total. The number of aromatic hydroxyl groups is 1. The van der Waals surface area contributed by atoms with E-state index in [1.807, 2.05) is 0 Å². The minimum atomic E-state index is -4.52. The lowest BCUT2D eigenvalue weighted by Gasteiger charge is -2.13. The molecular weight excluding hydrogens is 617 g/mol. The Kier molecular flexibility index (Phi) is 11.0. The quantitative estimate of drug-likeness (QED) is 0.0341. The third-order valence-electron chi connectivity index (χ3n) is 5.72. The molecule has 0 amide bonds. The largest absolute Gasteiger partial charge is 0.505 e. The van der Waals surface area contributed by atoms with Gasteiger partial charge in [0.05, 0.1) is 27.7 Å². The van der Waals surface area contributed by atoms with Gasteiger partial charge in [0.15, 0.2) is 5.75 Å². The van der Waals surface area contributed by atoms with Crippen LogP contribution < -0.4 is 32.3 Å². The minimum absolute atomic E-state index is 0.140. The second-order valence-corrected chi connectivity index (χ2v) is 11.0. The lowest BCUT2D eigenvalue weighted by molar-refractivity contribution is -0.466. The lowest BCUT2D eigenvalue weighted by atomic mass is 10.1. The molecule has 0 aliphatic heterocycles. The van der Waals surface area contributed by atoms with Gasteiger partial charge in [0.25, 0.3) is 0 Å². The summed E-state index contributed by atoms with van der Waals surface area (Å²) >= 11 is 0. The maximum absolute atomic E-state index is 12.6. The summed E-state index contributed by atoms with van der Waals surface area (Å²) < 4.78 is 45.8. The van der Waals surface area contributed by atoms with E-state index >= 15 is 0 Å². The van der Waals surface area contributed by atoms with Crippen molar-refractivity contribution < 1.29 is 42.0 Å². The number of rotatable bonds is 14. The van der Waals surface area contributed by atoms with E-state index in [1.54, 1.807) is 44.2 Å². The van der Waals surface area contributed by atoms with Gasteiger partial charge in [-0.3, -0.25) is 0 Å². The second kappa shape index (κ2) is 14.9. The van der Waals surface area contributed by atoms with Crippen LogP contribution in [0.1, 0.15) is 13.8 Å². The Morgan fingerprint density at radius 3 is 2.18 bits per heavy atom. The van der Waals surface area contributed by atoms with Gasteiger partial charge in [0.2, 0.25) is 0 Å². The van der Waals surface area contributed by atoms with Crippen LogP contribution in [0, 0.1) is 0 Å². The molecule has 0 aliphatic rings. The molecule has 4 aromatic rings. The van der Waals surface area contributed by atoms with Crippen LogP contribution in [0.5, 0.6) is 17.2 Å². The summed E-state index contributed by atoms with van der Waals surface area (Å²) in [6.45, 7) is 4.05. The number of hydrogen-bond donors (Lipinski definition) is 4. The van der Waals surface area contributed by atoms with Gasteiger partial charge in [-0.1, -0.05) is 18.2 Å². The summed E-state index contributed by atoms with van der Waals surface area (Å²) in [6.07, 6.45) is 0. The predicted octanol–water partition coefficient (Wildman–Crippen LogP) is 5.31. The van der Waals surface area contributed by atoms with E-state index in [-0.39, 0.29) is 44.6 Å². The first-order valence-corrected chi connectivity index (χ1v) is 15.0. The molecular formula is C26H28N7O9PS. The molecule has 0 fully saturated rings. The van der Waals surface area contributed by atoms with Gasteiger partial charge in [-0.2, -0.15) is 34.3 Å². The van der Waals surface area contributed by atoms with Crippen molar-refractivity contribution in [1.82, 2.24) is 0 Å². The highest BCUT2D eigenvalue weighted by Crippen LogP contribution is 2.45. The number of nitrogens with two attached hydrogens (primary N) is 3. The molecule has 18 heteroatoms. The van der Waals surface area contributed by atoms with Gasteiger partial charge in [0, 0.05) is 28.5 Å². The van der Waals surface area contributed by atoms with Crippen LogP contribution in [0.3, 0.4) is 0 Å². The Labute approximate surface area is 253 Å². The topological polar surface area (TPSA) is 237 Å². The molecule has 4 aromatic carbocycles. The van der Waals surface area contributed by atoms with Gasteiger partial charge >= 0.3 is 10.1 Å². The molecule has 0 radical (unpaired) electrons. The minimum Gasteiger partial charge on any atom is -0.505 e. The van der Waals surface area contributed by atoms with Crippen LogP contribution >= 0.6 is 8.81 Å². The van der Waals surface area contributed by atoms with E-state index in [0.717, 1.165) is 5.30 Å². The zero-order valence-corrected chi connectivity index (χ0v) is 25.1. The SMILES string of the molecule is CCOc1cc(N=Nc2c(S(=O)(=O)ON)cc3ccc(N)cc3c2O)c(OCC)cc1N=Nc1cccc(POOON)c1. The zero-order chi connectivity index (χ0) is 31.7. The summed E-state index contributed by atoms with van der Waals surface area (Å²) in [7, 11) is -4.75. The molecule has 0 aliphatic carbocycles. The van der Waals surface area contributed by atoms with Crippen LogP contribution in [0.4, 0.5) is 28.4 Å². The van der Waals surface area contributed by atoms with Crippen molar-refractivity contribution in [2.24, 2.45) is 32.3 Å². The van der Waals surface area contributed by atoms with Gasteiger partial charge in [-0.05, 0) is 54.6 Å². The summed E-state index contributed by atoms with van der Waals surface area (Å²) in [5.41, 5.74) is 6.73. The number of nitrogen functional groups attached to an aromatic ring is 1. The summed E-state index contributed by atoms with van der Waals surface area (Å²) in [5, 5.41) is 33.4. The molecule has 0 heterocycles. The Bertz CT molecular complexity index is 1810. The molecule has 0 saturated carbocycles. The van der Waals surface area contributed by atoms with Crippen molar-refractivity contribution in [3.63, 3.8) is 0 Å². The Morgan fingerprint density at radius 1 is 0.864 bits per heavy atom. The zero-order valence-electron chi connectivity index (χ0n) is 23.3. The number of hydrogen-bond acceptors (Lipinski definition) is 16. The predicted molar refractivity (Wildman–Crippen MR) is 161 cm³/mol. The second-order valence-electron chi connectivity index (χ2n) is 8.56. The molecule has 0 spiro atoms. The van der Waals surface area contributed by atoms with Crippen molar-refractivity contribution >= 4 is 63.4 Å². The summed E-state index contributed by atoms with van der Waals surface area (Å²) in [4.78, 5) is 3.41. The standard InChI is InChI=1S/C26H28N7O9PS/c1-3-37-22-14-21(23(38-4-2)13-20(22)31-30-17-6-5-7-18(12-17)43-42-41-39-28)32-33-25-24(44(35,36)40-29)10-15-8-9-16(27)11-19(15)26(25)34/h5-14,34,43H,3-4,27-29H2,1-2H3. The van der Waals surface area contributed by atoms with E-state index in [0.29, 0.717) is 22.4 Å². The third kappa shape index (κ3) is 7.79. The monoisotopic (exact) mass is 645 g/mol. The van der Waals surface area contributed by atoms with Crippen LogP contribution in [-0.2, 0) is 29.1 Å². The van der Waals surface area contributed by atoms with E-state index in [1.165, 1.54) is 30.3 Å². The normalized spacial score (nSPS) is 12.3. The van der Waals surface area contributed by atoms with Crippen molar-refractivity contribution in [2.45, 2.75) is 18.7 Å². The molecule has 1 atom stereocenters. The first-order valence-electron chi connectivity index (χ1n) is 12.7. The first kappa shape index (κ1) is 32.6. The Balaban J connectivity index is 1.78. The Hall–Kier alpha value is -4.32. The number of azo groups is 2. The fraction of sp³-hybridized carbons (Fsp3) is 0.154. The van der Waals surface area contributed by atoms with Gasteiger partial charge in [-0.25, -0.2) is 0 Å². The number of fused-ring (bicyclic) bond motifs is 1. The van der Waals surface area contributed by atoms with Crippen LogP contribution in [0.2, 0.25) is 0 Å². The third-order valence-corrected chi connectivity index (χ3v) is 7.52. The molecule has 0 bridgehead atoms. The fourth-order valence-electron chi connectivity index (χ4n) is 3.87. The number of nitrogens with zero attached hydrogens (tertiary/aromatic N) is 4. The molecule has 0 saturated heterocycles.